The van der Waals surface area contributed by atoms with Gasteiger partial charge in [0.15, 0.2) is 17.1 Å². The Hall–Kier alpha value is -3.42. The minimum atomic E-state index is -1.47. The summed E-state index contributed by atoms with van der Waals surface area (Å²) in [5.74, 6) is -0.0752. The molecule has 5 rings (SSSR count). The number of piperazine rings is 1. The second kappa shape index (κ2) is 8.74. The second-order valence-corrected chi connectivity index (χ2v) is 8.91. The fourth-order valence-electron chi connectivity index (χ4n) is 5.12. The van der Waals surface area contributed by atoms with Crippen LogP contribution in [0.4, 0.5) is 10.2 Å². The fourth-order valence-corrected chi connectivity index (χ4v) is 5.12. The number of carbonyl (C=O) groups excluding carboxylic acids is 2. The second-order valence-electron chi connectivity index (χ2n) is 8.91. The first-order valence-electron chi connectivity index (χ1n) is 11.5. The lowest BCUT2D eigenvalue weighted by Crippen LogP contribution is -2.60. The summed E-state index contributed by atoms with van der Waals surface area (Å²) < 4.78 is 13.8. The fraction of sp³-hybridized carbons (Fsp3) is 0.296. The number of nitrogens with zero attached hydrogens (tertiary/aromatic N) is 3. The average molecular weight is 459 g/mol. The summed E-state index contributed by atoms with van der Waals surface area (Å²) in [6, 6.07) is 17.3. The summed E-state index contributed by atoms with van der Waals surface area (Å²) in [4.78, 5) is 36.7. The van der Waals surface area contributed by atoms with Crippen LogP contribution in [0, 0.1) is 12.7 Å². The molecule has 2 aliphatic rings. The Kier molecular flexibility index (Phi) is 5.75. The van der Waals surface area contributed by atoms with Gasteiger partial charge in [-0.1, -0.05) is 36.4 Å². The number of anilines is 1. The number of halogens is 1. The van der Waals surface area contributed by atoms with Gasteiger partial charge in [-0.2, -0.15) is 0 Å². The van der Waals surface area contributed by atoms with Crippen LogP contribution in [0.2, 0.25) is 0 Å². The van der Waals surface area contributed by atoms with Crippen LogP contribution in [0.1, 0.15) is 37.5 Å². The maximum absolute atomic E-state index is 13.9. The minimum absolute atomic E-state index is 0.219. The Morgan fingerprint density at radius 3 is 2.26 bits per heavy atom. The van der Waals surface area contributed by atoms with Gasteiger partial charge in [0.25, 0.3) is 0 Å². The third-order valence-electron chi connectivity index (χ3n) is 7.00. The molecule has 1 aliphatic heterocycles. The van der Waals surface area contributed by atoms with E-state index in [2.05, 4.69) is 15.2 Å². The number of aromatic nitrogens is 1. The van der Waals surface area contributed by atoms with Gasteiger partial charge in [0, 0.05) is 50.9 Å². The van der Waals surface area contributed by atoms with E-state index in [-0.39, 0.29) is 17.4 Å². The molecule has 0 bridgehead atoms. The maximum atomic E-state index is 13.9. The Morgan fingerprint density at radius 1 is 0.941 bits per heavy atom. The molecule has 1 saturated heterocycles. The quantitative estimate of drug-likeness (QED) is 0.589. The number of aryl methyl sites for hydroxylation is 1. The largest absolute Gasteiger partial charge is 0.373 e. The molecular weight excluding hydrogens is 431 g/mol. The molecular formula is C27H27FN4O2. The van der Waals surface area contributed by atoms with E-state index in [9.17, 15) is 14.0 Å². The molecule has 0 unspecified atom stereocenters. The average Bonchev–Trinajstić information content (AvgIpc) is 3.09. The summed E-state index contributed by atoms with van der Waals surface area (Å²) in [5.41, 5.74) is 1.86. The van der Waals surface area contributed by atoms with E-state index in [0.29, 0.717) is 55.4 Å². The summed E-state index contributed by atoms with van der Waals surface area (Å²) in [6.07, 6.45) is 0. The molecule has 1 N–H and O–H groups in total. The van der Waals surface area contributed by atoms with Crippen LogP contribution in [-0.4, -0.2) is 59.6 Å². The lowest BCUT2D eigenvalue weighted by molar-refractivity contribution is 0.0267. The highest BCUT2D eigenvalue weighted by Gasteiger charge is 2.59. The molecule has 34 heavy (non-hydrogen) atoms. The minimum Gasteiger partial charge on any atom is -0.373 e. The predicted octanol–water partition coefficient (Wildman–Crippen LogP) is 3.66. The number of rotatable bonds is 5. The van der Waals surface area contributed by atoms with Gasteiger partial charge in [-0.3, -0.25) is 19.4 Å². The molecule has 1 aromatic heterocycles. The molecule has 0 saturated carbocycles. The number of benzene rings is 2. The third-order valence-corrected chi connectivity index (χ3v) is 7.00. The van der Waals surface area contributed by atoms with Crippen LogP contribution >= 0.6 is 0 Å². The lowest BCUT2D eigenvalue weighted by Gasteiger charge is -2.43. The molecule has 3 aromatic rings. The number of hydrogen-bond acceptors (Lipinski definition) is 6. The number of carbonyl (C=O) groups is 2. The van der Waals surface area contributed by atoms with Crippen molar-refractivity contribution in [3.05, 3.63) is 94.4 Å². The van der Waals surface area contributed by atoms with Gasteiger partial charge in [-0.15, -0.1) is 0 Å². The van der Waals surface area contributed by atoms with Crippen molar-refractivity contribution < 1.29 is 14.0 Å². The van der Waals surface area contributed by atoms with E-state index in [0.717, 1.165) is 11.1 Å². The van der Waals surface area contributed by atoms with Crippen LogP contribution in [0.5, 0.6) is 0 Å². The first-order valence-corrected chi connectivity index (χ1v) is 11.5. The number of Topliss-reactive ketones (excluding diaryl/α,β-unsaturated/α-hetero) is 2. The van der Waals surface area contributed by atoms with Crippen molar-refractivity contribution in [3.8, 4) is 0 Å². The van der Waals surface area contributed by atoms with Crippen molar-refractivity contribution >= 4 is 17.4 Å². The zero-order valence-corrected chi connectivity index (χ0v) is 19.3. The standard InChI is InChI=1S/C27H27FN4O2/c1-18-10-11-20(28)16-19(18)17-31-12-14-32(15-13-31)27(23-8-5-9-24(29-2)30-23)25(33)21-6-3-4-7-22(21)26(27)34/h3-11,16H,12-15,17H2,1-2H3,(H,29,30). The Bertz CT molecular complexity index is 1230. The topological polar surface area (TPSA) is 65.5 Å². The molecule has 2 aromatic carbocycles. The number of fused-ring (bicyclic) bond motifs is 1. The van der Waals surface area contributed by atoms with E-state index in [1.165, 1.54) is 6.07 Å². The molecule has 2 heterocycles. The molecule has 0 radical (unpaired) electrons. The first-order chi connectivity index (χ1) is 16.4. The van der Waals surface area contributed by atoms with Crippen molar-refractivity contribution in [2.45, 2.75) is 19.0 Å². The van der Waals surface area contributed by atoms with Crippen molar-refractivity contribution in [3.63, 3.8) is 0 Å². The van der Waals surface area contributed by atoms with E-state index in [1.807, 2.05) is 24.0 Å². The number of hydrogen-bond donors (Lipinski definition) is 1. The maximum Gasteiger partial charge on any atom is 0.198 e. The SMILES string of the molecule is CNc1cccc(C2(N3CCN(Cc4cc(F)ccc4C)CC3)C(=O)c3ccccc3C2=O)n1. The summed E-state index contributed by atoms with van der Waals surface area (Å²) >= 11 is 0. The number of ketones is 2. The van der Waals surface area contributed by atoms with Crippen LogP contribution < -0.4 is 5.32 Å². The molecule has 0 amide bonds. The van der Waals surface area contributed by atoms with Gasteiger partial charge >= 0.3 is 0 Å². The van der Waals surface area contributed by atoms with E-state index >= 15 is 0 Å². The van der Waals surface area contributed by atoms with Crippen LogP contribution in [0.25, 0.3) is 0 Å². The Labute approximate surface area is 198 Å². The summed E-state index contributed by atoms with van der Waals surface area (Å²) in [7, 11) is 1.76. The van der Waals surface area contributed by atoms with Crippen LogP contribution in [0.15, 0.2) is 60.7 Å². The molecule has 7 heteroatoms. The van der Waals surface area contributed by atoms with Gasteiger partial charge in [0.1, 0.15) is 11.6 Å². The molecule has 174 valence electrons. The summed E-state index contributed by atoms with van der Waals surface area (Å²) in [5, 5.41) is 3.01. The smallest absolute Gasteiger partial charge is 0.198 e. The van der Waals surface area contributed by atoms with Gasteiger partial charge in [-0.05, 0) is 42.3 Å². The van der Waals surface area contributed by atoms with Gasteiger partial charge < -0.3 is 5.32 Å². The summed E-state index contributed by atoms with van der Waals surface area (Å²) in [6.45, 7) is 4.95. The highest BCUT2D eigenvalue weighted by molar-refractivity contribution is 6.32. The van der Waals surface area contributed by atoms with E-state index in [4.69, 9.17) is 0 Å². The molecule has 1 fully saturated rings. The van der Waals surface area contributed by atoms with Gasteiger partial charge in [-0.25, -0.2) is 9.37 Å². The molecule has 6 nitrogen and oxygen atoms in total. The van der Waals surface area contributed by atoms with Crippen molar-refractivity contribution in [1.29, 1.82) is 0 Å². The molecule has 0 atom stereocenters. The van der Waals surface area contributed by atoms with Crippen LogP contribution in [0.3, 0.4) is 0 Å². The third kappa shape index (κ3) is 3.52. The van der Waals surface area contributed by atoms with E-state index < -0.39 is 5.54 Å². The Balaban J connectivity index is 1.48. The molecule has 1 aliphatic carbocycles. The van der Waals surface area contributed by atoms with E-state index in [1.54, 1.807) is 49.5 Å². The molecule has 0 spiro atoms. The highest BCUT2D eigenvalue weighted by atomic mass is 19.1. The van der Waals surface area contributed by atoms with Crippen molar-refractivity contribution in [2.75, 3.05) is 38.5 Å². The number of pyridine rings is 1. The zero-order valence-electron chi connectivity index (χ0n) is 19.3. The highest BCUT2D eigenvalue weighted by Crippen LogP contribution is 2.42. The zero-order chi connectivity index (χ0) is 23.9. The monoisotopic (exact) mass is 458 g/mol. The first kappa shape index (κ1) is 22.4. The van der Waals surface area contributed by atoms with Gasteiger partial charge in [0.2, 0.25) is 0 Å². The predicted molar refractivity (Wildman–Crippen MR) is 129 cm³/mol. The normalized spacial score (nSPS) is 18.2. The number of nitrogens with one attached hydrogen (secondary N) is 1. The van der Waals surface area contributed by atoms with Crippen molar-refractivity contribution in [2.24, 2.45) is 0 Å². The van der Waals surface area contributed by atoms with Crippen LogP contribution in [-0.2, 0) is 12.1 Å². The lowest BCUT2D eigenvalue weighted by atomic mass is 9.85. The Morgan fingerprint density at radius 2 is 1.62 bits per heavy atom. The van der Waals surface area contributed by atoms with Gasteiger partial charge in [0.05, 0.1) is 5.69 Å². The van der Waals surface area contributed by atoms with Crippen molar-refractivity contribution in [1.82, 2.24) is 14.8 Å².